The molecule has 4 rings (SSSR count). The second-order valence-corrected chi connectivity index (χ2v) is 7.08. The predicted molar refractivity (Wildman–Crippen MR) is 107 cm³/mol. The number of ether oxygens (including phenoxy) is 1. The molecule has 0 radical (unpaired) electrons. The Balaban J connectivity index is 1.63. The fourth-order valence-electron chi connectivity index (χ4n) is 3.89. The highest BCUT2D eigenvalue weighted by atomic mass is 16.7. The molecule has 2 heterocycles. The van der Waals surface area contributed by atoms with E-state index in [0.29, 0.717) is 12.4 Å². The van der Waals surface area contributed by atoms with Crippen LogP contribution in [0, 0.1) is 0 Å². The van der Waals surface area contributed by atoms with Crippen LogP contribution in [0.15, 0.2) is 59.8 Å². The van der Waals surface area contributed by atoms with Gasteiger partial charge < -0.3 is 9.57 Å². The molecule has 0 spiro atoms. The molecule has 6 heteroatoms. The molecule has 2 atom stereocenters. The Bertz CT molecular complexity index is 868. The Morgan fingerprint density at radius 1 is 1.14 bits per heavy atom. The lowest BCUT2D eigenvalue weighted by molar-refractivity contribution is -0.109. The largest absolute Gasteiger partial charge is 0.449 e. The normalized spacial score (nSPS) is 22.1. The second-order valence-electron chi connectivity index (χ2n) is 7.08. The number of carbonyl (C=O) groups is 1. The molecule has 2 aliphatic rings. The molecule has 0 aliphatic carbocycles. The van der Waals surface area contributed by atoms with Crippen molar-refractivity contribution in [2.45, 2.75) is 39.1 Å². The Morgan fingerprint density at radius 3 is 2.61 bits per heavy atom. The van der Waals surface area contributed by atoms with Gasteiger partial charge in [0.25, 0.3) is 0 Å². The van der Waals surface area contributed by atoms with Gasteiger partial charge in [0.1, 0.15) is 0 Å². The van der Waals surface area contributed by atoms with E-state index >= 15 is 0 Å². The van der Waals surface area contributed by atoms with Gasteiger partial charge in [0, 0.05) is 18.7 Å². The number of hydrogen-bond acceptors (Lipinski definition) is 5. The Morgan fingerprint density at radius 2 is 1.86 bits per heavy atom. The molecule has 0 aromatic heterocycles. The van der Waals surface area contributed by atoms with E-state index in [4.69, 9.17) is 9.57 Å². The summed E-state index contributed by atoms with van der Waals surface area (Å²) in [5.41, 5.74) is 3.49. The number of carbonyl (C=O) groups excluding carboxylic acids is 1. The van der Waals surface area contributed by atoms with Crippen molar-refractivity contribution in [3.05, 3.63) is 71.3 Å². The van der Waals surface area contributed by atoms with Crippen LogP contribution >= 0.6 is 0 Å². The van der Waals surface area contributed by atoms with E-state index in [2.05, 4.69) is 34.3 Å². The fourth-order valence-corrected chi connectivity index (χ4v) is 3.89. The monoisotopic (exact) mass is 379 g/mol. The lowest BCUT2D eigenvalue weighted by Gasteiger charge is -2.42. The fraction of sp³-hybridized carbons (Fsp3) is 0.364. The summed E-state index contributed by atoms with van der Waals surface area (Å²) in [4.78, 5) is 22.6. The maximum atomic E-state index is 12.8. The smallest absolute Gasteiger partial charge is 0.416 e. The third-order valence-corrected chi connectivity index (χ3v) is 5.31. The molecule has 2 aliphatic heterocycles. The van der Waals surface area contributed by atoms with Gasteiger partial charge in [-0.3, -0.25) is 9.80 Å². The van der Waals surface area contributed by atoms with Gasteiger partial charge in [-0.2, -0.15) is 0 Å². The van der Waals surface area contributed by atoms with Crippen LogP contribution in [-0.2, 0) is 22.5 Å². The van der Waals surface area contributed by atoms with Crippen LogP contribution < -0.4 is 0 Å². The van der Waals surface area contributed by atoms with Crippen molar-refractivity contribution < 1.29 is 14.4 Å². The predicted octanol–water partition coefficient (Wildman–Crippen LogP) is 3.61. The van der Waals surface area contributed by atoms with Gasteiger partial charge in [0.2, 0.25) is 6.23 Å². The molecule has 2 unspecified atom stereocenters. The zero-order chi connectivity index (χ0) is 19.5. The minimum absolute atomic E-state index is 0.239. The standard InChI is InChI=1S/C22H25N3O3/c1-3-27-22(26)25-16(2)21(28-23-20(25)18-10-5-4-6-11-18)24-14-13-17-9-7-8-12-19(17)15-24/h4-12,16,21H,3,13-15H2,1-2H3. The SMILES string of the molecule is CCOC(=O)N1C(c2ccccc2)=NOC(N2CCc3ccccc3C2)C1C. The number of hydrogen-bond donors (Lipinski definition) is 0. The molecule has 28 heavy (non-hydrogen) atoms. The summed E-state index contributed by atoms with van der Waals surface area (Å²) >= 11 is 0. The minimum Gasteiger partial charge on any atom is -0.449 e. The molecule has 6 nitrogen and oxygen atoms in total. The summed E-state index contributed by atoms with van der Waals surface area (Å²) in [6, 6.07) is 17.8. The van der Waals surface area contributed by atoms with Crippen molar-refractivity contribution >= 4 is 11.9 Å². The van der Waals surface area contributed by atoms with Crippen LogP contribution in [-0.4, -0.2) is 47.2 Å². The Kier molecular flexibility index (Phi) is 5.30. The van der Waals surface area contributed by atoms with Gasteiger partial charge in [-0.1, -0.05) is 59.8 Å². The molecule has 2 aromatic rings. The Hall–Kier alpha value is -2.86. The zero-order valence-electron chi connectivity index (χ0n) is 16.2. The molecule has 146 valence electrons. The van der Waals surface area contributed by atoms with Gasteiger partial charge in [-0.15, -0.1) is 0 Å². The number of oxime groups is 1. The molecule has 1 amide bonds. The topological polar surface area (TPSA) is 54.4 Å². The quantitative estimate of drug-likeness (QED) is 0.818. The van der Waals surface area contributed by atoms with Crippen LogP contribution in [0.25, 0.3) is 0 Å². The molecule has 2 aromatic carbocycles. The van der Waals surface area contributed by atoms with Gasteiger partial charge in [0.15, 0.2) is 5.84 Å². The summed E-state index contributed by atoms with van der Waals surface area (Å²) in [7, 11) is 0. The lowest BCUT2D eigenvalue weighted by Crippen LogP contribution is -2.58. The number of amidine groups is 1. The van der Waals surface area contributed by atoms with Crippen molar-refractivity contribution in [2.75, 3.05) is 13.2 Å². The van der Waals surface area contributed by atoms with Crippen molar-refractivity contribution in [2.24, 2.45) is 5.16 Å². The molecule has 0 N–H and O–H groups in total. The van der Waals surface area contributed by atoms with Crippen molar-refractivity contribution in [3.8, 4) is 0 Å². The van der Waals surface area contributed by atoms with Gasteiger partial charge in [-0.05, 0) is 31.4 Å². The average Bonchev–Trinajstić information content (AvgIpc) is 2.74. The first-order valence-electron chi connectivity index (χ1n) is 9.75. The summed E-state index contributed by atoms with van der Waals surface area (Å²) in [5.74, 6) is 0.486. The van der Waals surface area contributed by atoms with Gasteiger partial charge >= 0.3 is 6.09 Å². The third-order valence-electron chi connectivity index (χ3n) is 5.31. The molecule has 0 fully saturated rings. The summed E-state index contributed by atoms with van der Waals surface area (Å²) in [5, 5.41) is 4.35. The first-order chi connectivity index (χ1) is 13.7. The number of fused-ring (bicyclic) bond motifs is 1. The number of rotatable bonds is 3. The van der Waals surface area contributed by atoms with Crippen LogP contribution in [0.1, 0.15) is 30.5 Å². The van der Waals surface area contributed by atoms with Crippen LogP contribution in [0.3, 0.4) is 0 Å². The number of benzene rings is 2. The van der Waals surface area contributed by atoms with E-state index < -0.39 is 6.09 Å². The average molecular weight is 379 g/mol. The van der Waals surface area contributed by atoms with E-state index in [9.17, 15) is 4.79 Å². The van der Waals surface area contributed by atoms with Gasteiger partial charge in [-0.25, -0.2) is 4.79 Å². The van der Waals surface area contributed by atoms with E-state index in [1.807, 2.05) is 37.3 Å². The van der Waals surface area contributed by atoms with Gasteiger partial charge in [0.05, 0.1) is 12.6 Å². The lowest BCUT2D eigenvalue weighted by atomic mass is 9.99. The van der Waals surface area contributed by atoms with E-state index in [0.717, 1.165) is 25.1 Å². The second kappa shape index (κ2) is 8.02. The van der Waals surface area contributed by atoms with Crippen LogP contribution in [0.2, 0.25) is 0 Å². The molecular formula is C22H25N3O3. The summed E-state index contributed by atoms with van der Waals surface area (Å²) < 4.78 is 5.33. The molecule has 0 saturated heterocycles. The summed E-state index contributed by atoms with van der Waals surface area (Å²) in [6.45, 7) is 5.74. The minimum atomic E-state index is -0.400. The maximum Gasteiger partial charge on any atom is 0.416 e. The maximum absolute atomic E-state index is 12.8. The van der Waals surface area contributed by atoms with Crippen LogP contribution in [0.5, 0.6) is 0 Å². The molecule has 0 bridgehead atoms. The van der Waals surface area contributed by atoms with E-state index in [-0.39, 0.29) is 12.3 Å². The highest BCUT2D eigenvalue weighted by Crippen LogP contribution is 2.27. The first kappa shape index (κ1) is 18.5. The number of nitrogens with zero attached hydrogens (tertiary/aromatic N) is 3. The van der Waals surface area contributed by atoms with E-state index in [1.165, 1.54) is 11.1 Å². The first-order valence-corrected chi connectivity index (χ1v) is 9.75. The third kappa shape index (κ3) is 3.47. The van der Waals surface area contributed by atoms with Crippen LogP contribution in [0.4, 0.5) is 4.79 Å². The van der Waals surface area contributed by atoms with Crippen molar-refractivity contribution in [3.63, 3.8) is 0 Å². The Labute approximate surface area is 165 Å². The van der Waals surface area contributed by atoms with E-state index in [1.54, 1.807) is 11.8 Å². The summed E-state index contributed by atoms with van der Waals surface area (Å²) in [6.07, 6.45) is 0.228. The zero-order valence-corrected chi connectivity index (χ0v) is 16.2. The molecule has 0 saturated carbocycles. The number of amides is 1. The highest BCUT2D eigenvalue weighted by Gasteiger charge is 2.41. The molecular weight excluding hydrogens is 354 g/mol. The highest BCUT2D eigenvalue weighted by molar-refractivity contribution is 6.06. The van der Waals surface area contributed by atoms with Crippen molar-refractivity contribution in [1.82, 2.24) is 9.80 Å². The van der Waals surface area contributed by atoms with Crippen molar-refractivity contribution in [1.29, 1.82) is 0 Å².